The molecule has 2 aromatic rings. The van der Waals surface area contributed by atoms with Crippen molar-refractivity contribution in [3.63, 3.8) is 0 Å². The van der Waals surface area contributed by atoms with Gasteiger partial charge in [0.1, 0.15) is 0 Å². The van der Waals surface area contributed by atoms with E-state index in [1.807, 2.05) is 36.4 Å². The summed E-state index contributed by atoms with van der Waals surface area (Å²) in [7, 11) is -3.52. The summed E-state index contributed by atoms with van der Waals surface area (Å²) in [6.45, 7) is 3.69. The predicted molar refractivity (Wildman–Crippen MR) is 83.2 cm³/mol. The SMILES string of the molecule is C=Cc1ccccc1/C=N/S(=O)(=O)Cc1ccccc1. The van der Waals surface area contributed by atoms with Crippen molar-refractivity contribution in [3.8, 4) is 0 Å². The minimum absolute atomic E-state index is 0.0966. The van der Waals surface area contributed by atoms with E-state index in [1.165, 1.54) is 6.21 Å². The fourth-order valence-electron chi connectivity index (χ4n) is 1.77. The van der Waals surface area contributed by atoms with Gasteiger partial charge in [-0.25, -0.2) is 8.42 Å². The Labute approximate surface area is 119 Å². The van der Waals surface area contributed by atoms with E-state index in [1.54, 1.807) is 24.3 Å². The standard InChI is InChI=1S/C16H15NO2S/c1-2-15-10-6-7-11-16(15)12-17-20(18,19)13-14-8-4-3-5-9-14/h2-12H,1,13H2/b17-12+. The Kier molecular flexibility index (Phi) is 4.48. The molecule has 3 nitrogen and oxygen atoms in total. The zero-order chi connectivity index (χ0) is 14.4. The summed E-state index contributed by atoms with van der Waals surface area (Å²) in [6, 6.07) is 16.4. The molecule has 2 rings (SSSR count). The van der Waals surface area contributed by atoms with Crippen molar-refractivity contribution in [1.29, 1.82) is 0 Å². The van der Waals surface area contributed by atoms with Crippen LogP contribution < -0.4 is 0 Å². The third kappa shape index (κ3) is 3.90. The first kappa shape index (κ1) is 14.2. The van der Waals surface area contributed by atoms with E-state index in [0.29, 0.717) is 0 Å². The Balaban J connectivity index is 2.20. The zero-order valence-electron chi connectivity index (χ0n) is 10.9. The van der Waals surface area contributed by atoms with Gasteiger partial charge in [-0.15, -0.1) is 0 Å². The molecule has 0 saturated heterocycles. The molecule has 0 aliphatic heterocycles. The maximum Gasteiger partial charge on any atom is 0.257 e. The van der Waals surface area contributed by atoms with Crippen molar-refractivity contribution in [2.45, 2.75) is 5.75 Å². The molecule has 0 heterocycles. The van der Waals surface area contributed by atoms with E-state index in [4.69, 9.17) is 0 Å². The quantitative estimate of drug-likeness (QED) is 0.791. The van der Waals surface area contributed by atoms with Crippen molar-refractivity contribution < 1.29 is 8.42 Å². The largest absolute Gasteiger partial charge is 0.257 e. The molecule has 0 spiro atoms. The molecular weight excluding hydrogens is 270 g/mol. The molecule has 0 fully saturated rings. The van der Waals surface area contributed by atoms with Gasteiger partial charge < -0.3 is 0 Å². The van der Waals surface area contributed by atoms with Gasteiger partial charge in [-0.3, -0.25) is 0 Å². The monoisotopic (exact) mass is 285 g/mol. The molecule has 0 aromatic heterocycles. The van der Waals surface area contributed by atoms with Crippen LogP contribution in [0, 0.1) is 0 Å². The lowest BCUT2D eigenvalue weighted by atomic mass is 10.1. The van der Waals surface area contributed by atoms with Crippen molar-refractivity contribution in [2.75, 3.05) is 0 Å². The Morgan fingerprint density at radius 1 is 0.950 bits per heavy atom. The fraction of sp³-hybridized carbons (Fsp3) is 0.0625. The molecule has 0 bridgehead atoms. The minimum atomic E-state index is -3.52. The zero-order valence-corrected chi connectivity index (χ0v) is 11.8. The summed E-state index contributed by atoms with van der Waals surface area (Å²) in [5.74, 6) is -0.0966. The number of hydrogen-bond donors (Lipinski definition) is 0. The van der Waals surface area contributed by atoms with Gasteiger partial charge in [0, 0.05) is 11.8 Å². The van der Waals surface area contributed by atoms with Crippen LogP contribution in [0.1, 0.15) is 16.7 Å². The van der Waals surface area contributed by atoms with Crippen LogP contribution in [0.4, 0.5) is 0 Å². The molecule has 0 aliphatic carbocycles. The van der Waals surface area contributed by atoms with Gasteiger partial charge in [-0.2, -0.15) is 4.40 Å². The predicted octanol–water partition coefficient (Wildman–Crippen LogP) is 3.28. The molecule has 0 saturated carbocycles. The normalized spacial score (nSPS) is 11.6. The third-order valence-electron chi connectivity index (χ3n) is 2.76. The Bertz CT molecular complexity index is 719. The summed E-state index contributed by atoms with van der Waals surface area (Å²) < 4.78 is 27.6. The lowest BCUT2D eigenvalue weighted by molar-refractivity contribution is 0.597. The first-order chi connectivity index (χ1) is 9.61. The Morgan fingerprint density at radius 3 is 2.20 bits per heavy atom. The smallest absolute Gasteiger partial charge is 0.204 e. The van der Waals surface area contributed by atoms with E-state index >= 15 is 0 Å². The lowest BCUT2D eigenvalue weighted by Gasteiger charge is -2.01. The van der Waals surface area contributed by atoms with Crippen LogP contribution in [0.15, 0.2) is 65.6 Å². The molecule has 0 aliphatic rings. The number of benzene rings is 2. The average molecular weight is 285 g/mol. The van der Waals surface area contributed by atoms with Gasteiger partial charge >= 0.3 is 0 Å². The van der Waals surface area contributed by atoms with E-state index in [2.05, 4.69) is 11.0 Å². The van der Waals surface area contributed by atoms with Gasteiger partial charge in [-0.1, -0.05) is 67.3 Å². The molecule has 20 heavy (non-hydrogen) atoms. The highest BCUT2D eigenvalue weighted by Crippen LogP contribution is 2.10. The van der Waals surface area contributed by atoms with E-state index < -0.39 is 10.0 Å². The van der Waals surface area contributed by atoms with Gasteiger partial charge in [0.05, 0.1) is 5.75 Å². The molecule has 0 N–H and O–H groups in total. The average Bonchev–Trinajstić information content (AvgIpc) is 2.46. The van der Waals surface area contributed by atoms with Crippen molar-refractivity contribution in [2.24, 2.45) is 4.40 Å². The van der Waals surface area contributed by atoms with Crippen LogP contribution in [0.2, 0.25) is 0 Å². The summed E-state index contributed by atoms with van der Waals surface area (Å²) in [5.41, 5.74) is 2.31. The van der Waals surface area contributed by atoms with Crippen molar-refractivity contribution >= 4 is 22.3 Å². The highest BCUT2D eigenvalue weighted by Gasteiger charge is 2.08. The molecule has 0 radical (unpaired) electrons. The summed E-state index contributed by atoms with van der Waals surface area (Å²) in [5, 5.41) is 0. The number of sulfonamides is 1. The minimum Gasteiger partial charge on any atom is -0.204 e. The molecule has 0 amide bonds. The number of nitrogens with zero attached hydrogens (tertiary/aromatic N) is 1. The highest BCUT2D eigenvalue weighted by atomic mass is 32.2. The first-order valence-corrected chi connectivity index (χ1v) is 7.75. The summed E-state index contributed by atoms with van der Waals surface area (Å²) in [4.78, 5) is 0. The number of hydrogen-bond acceptors (Lipinski definition) is 2. The van der Waals surface area contributed by atoms with Gasteiger partial charge in [0.2, 0.25) is 0 Å². The summed E-state index contributed by atoms with van der Waals surface area (Å²) in [6.07, 6.45) is 3.04. The fourth-order valence-corrected chi connectivity index (χ4v) is 2.74. The van der Waals surface area contributed by atoms with Crippen LogP contribution in [-0.4, -0.2) is 14.6 Å². The van der Waals surface area contributed by atoms with Gasteiger partial charge in [-0.05, 0) is 11.1 Å². The third-order valence-corrected chi connectivity index (χ3v) is 3.88. The van der Waals surface area contributed by atoms with E-state index in [-0.39, 0.29) is 5.75 Å². The van der Waals surface area contributed by atoms with Crippen LogP contribution in [-0.2, 0) is 15.8 Å². The molecule has 102 valence electrons. The van der Waals surface area contributed by atoms with Crippen molar-refractivity contribution in [1.82, 2.24) is 0 Å². The highest BCUT2D eigenvalue weighted by molar-refractivity contribution is 7.89. The van der Waals surface area contributed by atoms with Gasteiger partial charge in [0.15, 0.2) is 0 Å². The molecular formula is C16H15NO2S. The summed E-state index contributed by atoms with van der Waals surface area (Å²) >= 11 is 0. The van der Waals surface area contributed by atoms with Crippen molar-refractivity contribution in [3.05, 3.63) is 77.9 Å². The first-order valence-electron chi connectivity index (χ1n) is 6.14. The van der Waals surface area contributed by atoms with Crippen LogP contribution in [0.3, 0.4) is 0 Å². The van der Waals surface area contributed by atoms with E-state index in [0.717, 1.165) is 16.7 Å². The van der Waals surface area contributed by atoms with Crippen LogP contribution in [0.25, 0.3) is 6.08 Å². The molecule has 2 aromatic carbocycles. The number of rotatable bonds is 5. The second-order valence-electron chi connectivity index (χ2n) is 4.28. The second-order valence-corrected chi connectivity index (χ2v) is 5.94. The second kappa shape index (κ2) is 6.30. The Hall–Kier alpha value is -2.20. The van der Waals surface area contributed by atoms with Gasteiger partial charge in [0.25, 0.3) is 10.0 Å². The topological polar surface area (TPSA) is 46.5 Å². The maximum absolute atomic E-state index is 11.9. The lowest BCUT2D eigenvalue weighted by Crippen LogP contribution is -2.01. The molecule has 0 atom stereocenters. The van der Waals surface area contributed by atoms with Crippen LogP contribution in [0.5, 0.6) is 0 Å². The molecule has 4 heteroatoms. The molecule has 0 unspecified atom stereocenters. The van der Waals surface area contributed by atoms with E-state index in [9.17, 15) is 8.42 Å². The Morgan fingerprint density at radius 2 is 1.55 bits per heavy atom. The van der Waals surface area contributed by atoms with Crippen LogP contribution >= 0.6 is 0 Å². The maximum atomic E-state index is 11.9.